The van der Waals surface area contributed by atoms with Gasteiger partial charge in [-0.3, -0.25) is 4.79 Å². The molecule has 3 heterocycles. The van der Waals surface area contributed by atoms with E-state index in [-0.39, 0.29) is 24.1 Å². The number of amides is 1. The molecule has 0 radical (unpaired) electrons. The van der Waals surface area contributed by atoms with E-state index in [0.29, 0.717) is 23.0 Å². The number of hydrogen-bond donors (Lipinski definition) is 0. The molecular weight excluding hydrogens is 378 g/mol. The number of rotatable bonds is 5. The zero-order chi connectivity index (χ0) is 20.7. The molecule has 7 heteroatoms. The number of carbonyl (C=O) groups is 1. The van der Waals surface area contributed by atoms with Gasteiger partial charge in [0.2, 0.25) is 5.88 Å². The van der Waals surface area contributed by atoms with E-state index < -0.39 is 0 Å². The molecule has 2 aliphatic rings. The van der Waals surface area contributed by atoms with Gasteiger partial charge in [-0.1, -0.05) is 25.1 Å². The number of likely N-dealkylation sites (tertiary alicyclic amines) is 1. The number of fused-ring (bicyclic) bond motifs is 2. The van der Waals surface area contributed by atoms with Crippen molar-refractivity contribution in [3.8, 4) is 11.6 Å². The number of pyridine rings is 1. The molecular formula is C23H25N5O2. The lowest BCUT2D eigenvalue weighted by Crippen LogP contribution is -2.52. The van der Waals surface area contributed by atoms with Gasteiger partial charge in [0.05, 0.1) is 29.7 Å². The normalized spacial score (nSPS) is 24.9. The Hall–Kier alpha value is -3.22. The van der Waals surface area contributed by atoms with E-state index in [4.69, 9.17) is 4.74 Å². The molecule has 2 fully saturated rings. The Kier molecular flexibility index (Phi) is 4.73. The molecule has 4 atom stereocenters. The van der Waals surface area contributed by atoms with Gasteiger partial charge in [0.15, 0.2) is 0 Å². The van der Waals surface area contributed by atoms with Gasteiger partial charge < -0.3 is 9.64 Å². The topological polar surface area (TPSA) is 73.1 Å². The van der Waals surface area contributed by atoms with Crippen molar-refractivity contribution in [1.29, 1.82) is 0 Å². The smallest absolute Gasteiger partial charge is 0.256 e. The molecule has 2 aromatic heterocycles. The Morgan fingerprint density at radius 2 is 1.93 bits per heavy atom. The fraction of sp³-hybridized carbons (Fsp3) is 0.391. The molecule has 5 rings (SSSR count). The molecule has 7 nitrogen and oxygen atoms in total. The second-order valence-corrected chi connectivity index (χ2v) is 8.15. The zero-order valence-corrected chi connectivity index (χ0v) is 17.2. The summed E-state index contributed by atoms with van der Waals surface area (Å²) in [6.07, 6.45) is 7.89. The Labute approximate surface area is 175 Å². The maximum Gasteiger partial charge on any atom is 0.256 e. The van der Waals surface area contributed by atoms with Crippen LogP contribution in [-0.2, 0) is 0 Å². The van der Waals surface area contributed by atoms with E-state index in [9.17, 15) is 4.79 Å². The minimum atomic E-state index is -0.0352. The highest BCUT2D eigenvalue weighted by molar-refractivity contribution is 5.98. The number of benzene rings is 1. The van der Waals surface area contributed by atoms with E-state index in [1.807, 2.05) is 49.5 Å². The van der Waals surface area contributed by atoms with Crippen molar-refractivity contribution in [3.63, 3.8) is 0 Å². The van der Waals surface area contributed by atoms with Crippen molar-refractivity contribution in [1.82, 2.24) is 24.9 Å². The zero-order valence-electron chi connectivity index (χ0n) is 17.2. The summed E-state index contributed by atoms with van der Waals surface area (Å²) >= 11 is 0. The van der Waals surface area contributed by atoms with Crippen molar-refractivity contribution < 1.29 is 9.53 Å². The van der Waals surface area contributed by atoms with Crippen LogP contribution in [0, 0.1) is 12.8 Å². The highest BCUT2D eigenvalue weighted by atomic mass is 16.5. The molecule has 1 aromatic carbocycles. The van der Waals surface area contributed by atoms with Crippen molar-refractivity contribution in [2.75, 3.05) is 0 Å². The lowest BCUT2D eigenvalue weighted by atomic mass is 9.94. The third-order valence-electron chi connectivity index (χ3n) is 6.35. The Morgan fingerprint density at radius 3 is 2.67 bits per heavy atom. The van der Waals surface area contributed by atoms with Crippen LogP contribution in [0.25, 0.3) is 5.69 Å². The second kappa shape index (κ2) is 7.55. The first kappa shape index (κ1) is 18.8. The van der Waals surface area contributed by atoms with Crippen LogP contribution in [0.2, 0.25) is 0 Å². The monoisotopic (exact) mass is 403 g/mol. The van der Waals surface area contributed by atoms with Crippen LogP contribution in [0.5, 0.6) is 5.88 Å². The first-order valence-electron chi connectivity index (χ1n) is 10.5. The predicted molar refractivity (Wildman–Crippen MR) is 112 cm³/mol. The number of ether oxygens (including phenoxy) is 1. The van der Waals surface area contributed by atoms with E-state index in [0.717, 1.165) is 24.8 Å². The SMILES string of the molecule is CCC1C2CC(Oc3ccc(C)cn3)C(C2)N1C(=O)c1ccccc1-n1nccn1. The van der Waals surface area contributed by atoms with Crippen molar-refractivity contribution in [3.05, 3.63) is 66.1 Å². The summed E-state index contributed by atoms with van der Waals surface area (Å²) in [6.45, 7) is 4.16. The molecule has 0 spiro atoms. The maximum absolute atomic E-state index is 13.8. The highest BCUT2D eigenvalue weighted by Crippen LogP contribution is 2.46. The maximum atomic E-state index is 13.8. The van der Waals surface area contributed by atoms with E-state index in [1.54, 1.807) is 12.4 Å². The third kappa shape index (κ3) is 3.14. The van der Waals surface area contributed by atoms with Crippen molar-refractivity contribution in [2.24, 2.45) is 5.92 Å². The van der Waals surface area contributed by atoms with Gasteiger partial charge in [0.25, 0.3) is 5.91 Å². The van der Waals surface area contributed by atoms with Crippen LogP contribution in [0.3, 0.4) is 0 Å². The number of para-hydroxylation sites is 1. The third-order valence-corrected chi connectivity index (χ3v) is 6.35. The van der Waals surface area contributed by atoms with Gasteiger partial charge in [-0.25, -0.2) is 4.98 Å². The van der Waals surface area contributed by atoms with Crippen LogP contribution in [-0.4, -0.2) is 49.0 Å². The Morgan fingerprint density at radius 1 is 1.13 bits per heavy atom. The molecule has 154 valence electrons. The molecule has 2 bridgehead atoms. The standard InChI is InChI=1S/C23H25N5O2/c1-3-18-16-12-20(21(13-16)30-22-9-8-15(2)14-24-22)27(18)23(29)17-6-4-5-7-19(17)28-25-10-11-26-28/h4-11,14,16,18,20-21H,3,12-13H2,1-2H3. The summed E-state index contributed by atoms with van der Waals surface area (Å²) in [5.74, 6) is 1.10. The Balaban J connectivity index is 1.44. The first-order chi connectivity index (χ1) is 14.7. The van der Waals surface area contributed by atoms with Gasteiger partial charge in [-0.2, -0.15) is 15.0 Å². The van der Waals surface area contributed by atoms with Crippen LogP contribution in [0.4, 0.5) is 0 Å². The van der Waals surface area contributed by atoms with Crippen molar-refractivity contribution >= 4 is 5.91 Å². The number of aryl methyl sites for hydroxylation is 1. The number of aromatic nitrogens is 4. The highest BCUT2D eigenvalue weighted by Gasteiger charge is 2.53. The van der Waals surface area contributed by atoms with Gasteiger partial charge in [-0.05, 0) is 49.8 Å². The molecule has 1 aliphatic heterocycles. The van der Waals surface area contributed by atoms with Crippen LogP contribution in [0.1, 0.15) is 42.1 Å². The van der Waals surface area contributed by atoms with Gasteiger partial charge in [0.1, 0.15) is 6.10 Å². The summed E-state index contributed by atoms with van der Waals surface area (Å²) in [7, 11) is 0. The molecule has 0 N–H and O–H groups in total. The van der Waals surface area contributed by atoms with Crippen molar-refractivity contribution in [2.45, 2.75) is 51.3 Å². The fourth-order valence-electron chi connectivity index (χ4n) is 5.04. The lowest BCUT2D eigenvalue weighted by molar-refractivity contribution is 0.0272. The number of carbonyl (C=O) groups excluding carboxylic acids is 1. The fourth-order valence-corrected chi connectivity index (χ4v) is 5.04. The average molecular weight is 403 g/mol. The van der Waals surface area contributed by atoms with Crippen LogP contribution < -0.4 is 4.74 Å². The van der Waals surface area contributed by atoms with Crippen LogP contribution >= 0.6 is 0 Å². The van der Waals surface area contributed by atoms with E-state index >= 15 is 0 Å². The second-order valence-electron chi connectivity index (χ2n) is 8.15. The van der Waals surface area contributed by atoms with Gasteiger partial charge >= 0.3 is 0 Å². The van der Waals surface area contributed by atoms with Crippen LogP contribution in [0.15, 0.2) is 55.0 Å². The first-order valence-corrected chi connectivity index (χ1v) is 10.5. The number of hydrogen-bond acceptors (Lipinski definition) is 5. The average Bonchev–Trinajstić information content (AvgIpc) is 3.51. The largest absolute Gasteiger partial charge is 0.472 e. The number of nitrogens with zero attached hydrogens (tertiary/aromatic N) is 5. The molecule has 1 saturated carbocycles. The molecule has 1 saturated heterocycles. The minimum Gasteiger partial charge on any atom is -0.472 e. The van der Waals surface area contributed by atoms with Gasteiger partial charge in [-0.15, -0.1) is 0 Å². The molecule has 4 unspecified atom stereocenters. The summed E-state index contributed by atoms with van der Waals surface area (Å²) in [6, 6.07) is 11.7. The summed E-state index contributed by atoms with van der Waals surface area (Å²) < 4.78 is 6.24. The van der Waals surface area contributed by atoms with E-state index in [1.165, 1.54) is 4.80 Å². The quantitative estimate of drug-likeness (QED) is 0.653. The molecule has 1 aliphatic carbocycles. The summed E-state index contributed by atoms with van der Waals surface area (Å²) in [5, 5.41) is 8.45. The molecule has 3 aromatic rings. The molecule has 30 heavy (non-hydrogen) atoms. The Bertz CT molecular complexity index is 1030. The lowest BCUT2D eigenvalue weighted by Gasteiger charge is -2.39. The molecule has 1 amide bonds. The van der Waals surface area contributed by atoms with Gasteiger partial charge in [0, 0.05) is 18.3 Å². The van der Waals surface area contributed by atoms with E-state index in [2.05, 4.69) is 27.0 Å². The predicted octanol–water partition coefficient (Wildman–Crippen LogP) is 3.43. The number of piperidine rings is 1. The minimum absolute atomic E-state index is 0.0208. The summed E-state index contributed by atoms with van der Waals surface area (Å²) in [4.78, 5) is 21.7. The summed E-state index contributed by atoms with van der Waals surface area (Å²) in [5.41, 5.74) is 2.41.